The minimum absolute atomic E-state index is 0.0482. The number of nitrogens with zero attached hydrogens (tertiary/aromatic N) is 1. The third kappa shape index (κ3) is 42.1. The maximum Gasteiger partial charge on any atom is 0.362 e. The van der Waals surface area contributed by atoms with Crippen LogP contribution in [-0.4, -0.2) is 80.6 Å². The van der Waals surface area contributed by atoms with E-state index in [4.69, 9.17) is 14.2 Å². The molecule has 0 radical (unpaired) electrons. The van der Waals surface area contributed by atoms with E-state index in [1.807, 2.05) is 21.1 Å². The fourth-order valence-corrected chi connectivity index (χ4v) is 7.01. The molecule has 0 aliphatic rings. The molecule has 0 fully saturated rings. The molecular weight excluding hydrogens is 775 g/mol. The molecule has 0 heterocycles. The summed E-state index contributed by atoms with van der Waals surface area (Å²) in [4.78, 5) is 37.1. The lowest BCUT2D eigenvalue weighted by molar-refractivity contribution is -0.887. The van der Waals surface area contributed by atoms with Gasteiger partial charge in [-0.1, -0.05) is 177 Å². The molecule has 0 rings (SSSR count). The van der Waals surface area contributed by atoms with E-state index < -0.39 is 18.1 Å². The van der Waals surface area contributed by atoms with Gasteiger partial charge in [-0.2, -0.15) is 0 Å². The molecule has 0 saturated carbocycles. The van der Waals surface area contributed by atoms with Gasteiger partial charge in [0.2, 0.25) is 0 Å². The molecule has 1 N–H and O–H groups in total. The second-order valence-corrected chi connectivity index (χ2v) is 17.7. The van der Waals surface area contributed by atoms with Crippen LogP contribution in [0.5, 0.6) is 0 Å². The van der Waals surface area contributed by atoms with Crippen LogP contribution in [0.2, 0.25) is 0 Å². The van der Waals surface area contributed by atoms with Crippen LogP contribution in [0.3, 0.4) is 0 Å². The van der Waals surface area contributed by atoms with Crippen molar-refractivity contribution >= 4 is 17.9 Å². The zero-order valence-electron chi connectivity index (χ0n) is 40.6. The van der Waals surface area contributed by atoms with Crippen molar-refractivity contribution in [2.45, 2.75) is 212 Å². The van der Waals surface area contributed by atoms with Gasteiger partial charge in [-0.25, -0.2) is 4.79 Å². The van der Waals surface area contributed by atoms with Crippen LogP contribution in [0.1, 0.15) is 200 Å². The number of quaternary nitrogens is 1. The van der Waals surface area contributed by atoms with Crippen molar-refractivity contribution in [3.8, 4) is 0 Å². The first kappa shape index (κ1) is 58.8. The Hall–Kier alpha value is -3.23. The predicted octanol–water partition coefficient (Wildman–Crippen LogP) is 14.3. The number of carbonyl (C=O) groups is 3. The van der Waals surface area contributed by atoms with E-state index in [9.17, 15) is 19.5 Å². The molecule has 0 bridgehead atoms. The lowest BCUT2D eigenvalue weighted by Crippen LogP contribution is -2.50. The maximum absolute atomic E-state index is 12.8. The van der Waals surface area contributed by atoms with E-state index >= 15 is 0 Å². The lowest BCUT2D eigenvalue weighted by Gasteiger charge is -2.31. The highest BCUT2D eigenvalue weighted by Gasteiger charge is 2.31. The number of hydrogen-bond acceptors (Lipinski definition) is 6. The highest BCUT2D eigenvalue weighted by atomic mass is 16.6. The van der Waals surface area contributed by atoms with E-state index in [0.717, 1.165) is 89.9 Å². The minimum Gasteiger partial charge on any atom is -0.477 e. The first-order chi connectivity index (χ1) is 30.1. The third-order valence-electron chi connectivity index (χ3n) is 10.9. The van der Waals surface area contributed by atoms with Crippen LogP contribution >= 0.6 is 0 Å². The number of carboxylic acids is 1. The fourth-order valence-electron chi connectivity index (χ4n) is 7.01. The Morgan fingerprint density at radius 1 is 0.516 bits per heavy atom. The first-order valence-electron chi connectivity index (χ1n) is 25.0. The zero-order valence-corrected chi connectivity index (χ0v) is 40.6. The van der Waals surface area contributed by atoms with Gasteiger partial charge in [0.25, 0.3) is 0 Å². The fraction of sp³-hybridized carbons (Fsp3) is 0.722. The van der Waals surface area contributed by atoms with Crippen molar-refractivity contribution in [2.24, 2.45) is 0 Å². The number of carboxylic acid groups (broad SMARTS) is 1. The standard InChI is InChI=1S/C54H93NO7/c1-6-8-10-12-14-16-18-20-22-24-26-27-29-30-32-34-36-38-40-42-44-52(56)61-49-50(48-60-47-46-51(54(58)59)55(3,4)5)62-53(57)45-43-41-39-37-35-33-31-28-25-23-21-19-17-15-13-11-9-7-2/h8,10,14,16,20,22-23,25-28,31,50-51H,6-7,9,11-13,15,17-19,21,24,29-30,32-49H2,1-5H3/p+1/b10-8+,16-14+,22-20+,25-23+,27-26+,31-28+. The third-order valence-corrected chi connectivity index (χ3v) is 10.9. The molecule has 0 aromatic rings. The second-order valence-electron chi connectivity index (χ2n) is 17.7. The van der Waals surface area contributed by atoms with E-state index in [1.165, 1.54) is 77.0 Å². The van der Waals surface area contributed by atoms with E-state index in [0.29, 0.717) is 19.3 Å². The van der Waals surface area contributed by atoms with Crippen LogP contribution < -0.4 is 0 Å². The number of ether oxygens (including phenoxy) is 3. The monoisotopic (exact) mass is 869 g/mol. The largest absolute Gasteiger partial charge is 0.477 e. The summed E-state index contributed by atoms with van der Waals surface area (Å²) in [5.41, 5.74) is 0. The summed E-state index contributed by atoms with van der Waals surface area (Å²) in [6, 6.07) is -0.623. The number of likely N-dealkylation sites (N-methyl/N-ethyl adjacent to an activating group) is 1. The van der Waals surface area contributed by atoms with Crippen molar-refractivity contribution in [3.05, 3.63) is 72.9 Å². The van der Waals surface area contributed by atoms with Crippen molar-refractivity contribution < 1.29 is 38.2 Å². The molecule has 0 saturated heterocycles. The van der Waals surface area contributed by atoms with E-state index in [2.05, 4.69) is 86.8 Å². The molecule has 0 aliphatic heterocycles. The van der Waals surface area contributed by atoms with Gasteiger partial charge in [-0.05, 0) is 77.0 Å². The number of esters is 2. The van der Waals surface area contributed by atoms with E-state index in [1.54, 1.807) is 0 Å². The number of allylic oxidation sites excluding steroid dienone is 12. The summed E-state index contributed by atoms with van der Waals surface area (Å²) in [5, 5.41) is 9.65. The van der Waals surface area contributed by atoms with Gasteiger partial charge in [0, 0.05) is 19.3 Å². The number of hydrogen-bond donors (Lipinski definition) is 1. The summed E-state index contributed by atoms with van der Waals surface area (Å²) in [7, 11) is 5.52. The van der Waals surface area contributed by atoms with Crippen LogP contribution in [0.25, 0.3) is 0 Å². The van der Waals surface area contributed by atoms with Gasteiger partial charge in [0.15, 0.2) is 12.1 Å². The molecule has 2 unspecified atom stereocenters. The molecule has 2 atom stereocenters. The Labute approximate surface area is 381 Å². The smallest absolute Gasteiger partial charge is 0.362 e. The number of rotatable bonds is 44. The zero-order chi connectivity index (χ0) is 45.6. The van der Waals surface area contributed by atoms with Crippen LogP contribution in [-0.2, 0) is 28.6 Å². The Bertz CT molecular complexity index is 1240. The van der Waals surface area contributed by atoms with Crippen LogP contribution in [0.15, 0.2) is 72.9 Å². The molecule has 0 aromatic heterocycles. The van der Waals surface area contributed by atoms with Crippen LogP contribution in [0.4, 0.5) is 0 Å². The highest BCUT2D eigenvalue weighted by Crippen LogP contribution is 2.14. The summed E-state index contributed by atoms with van der Waals surface area (Å²) < 4.78 is 17.3. The SMILES string of the molecule is CC/C=C/C/C=C/C/C=C/C/C=C/CCCCCCCCCC(=O)OCC(COCCC(C(=O)O)[N+](C)(C)C)OC(=O)CCCCCCC/C=C/C=C/CCCCCCCCC. The molecule has 8 heteroatoms. The van der Waals surface area contributed by atoms with Crippen molar-refractivity contribution in [1.82, 2.24) is 0 Å². The average molecular weight is 869 g/mol. The van der Waals surface area contributed by atoms with E-state index in [-0.39, 0.29) is 36.2 Å². The highest BCUT2D eigenvalue weighted by molar-refractivity contribution is 5.72. The molecule has 0 spiro atoms. The van der Waals surface area contributed by atoms with Gasteiger partial charge < -0.3 is 23.8 Å². The maximum atomic E-state index is 12.8. The van der Waals surface area contributed by atoms with Gasteiger partial charge >= 0.3 is 17.9 Å². The number of aliphatic carboxylic acids is 1. The Morgan fingerprint density at radius 2 is 0.952 bits per heavy atom. The quantitative estimate of drug-likeness (QED) is 0.0214. The van der Waals surface area contributed by atoms with Gasteiger partial charge in [0.05, 0.1) is 34.4 Å². The molecule has 8 nitrogen and oxygen atoms in total. The minimum atomic E-state index is -0.881. The van der Waals surface area contributed by atoms with Gasteiger partial charge in [0.1, 0.15) is 6.61 Å². The van der Waals surface area contributed by atoms with Gasteiger partial charge in [-0.15, -0.1) is 0 Å². The molecule has 356 valence electrons. The molecule has 0 aliphatic carbocycles. The van der Waals surface area contributed by atoms with Crippen LogP contribution in [0, 0.1) is 0 Å². The Morgan fingerprint density at radius 3 is 1.44 bits per heavy atom. The molecular formula is C54H94NO7+. The second kappa shape index (κ2) is 44.4. The summed E-state index contributed by atoms with van der Waals surface area (Å²) in [5.74, 6) is -1.50. The van der Waals surface area contributed by atoms with Crippen molar-refractivity contribution in [2.75, 3.05) is 41.0 Å². The summed E-state index contributed by atoms with van der Waals surface area (Å²) >= 11 is 0. The Balaban J connectivity index is 4.33. The Kier molecular flexibility index (Phi) is 42.1. The summed E-state index contributed by atoms with van der Waals surface area (Å²) in [6.45, 7) is 4.60. The molecule has 62 heavy (non-hydrogen) atoms. The van der Waals surface area contributed by atoms with Gasteiger partial charge in [-0.3, -0.25) is 9.59 Å². The number of unbranched alkanes of at least 4 members (excludes halogenated alkanes) is 19. The molecule has 0 aromatic carbocycles. The normalized spacial score (nSPS) is 13.5. The summed E-state index contributed by atoms with van der Waals surface area (Å²) in [6.07, 6.45) is 56.6. The first-order valence-corrected chi connectivity index (χ1v) is 25.0. The lowest BCUT2D eigenvalue weighted by atomic mass is 10.1. The molecule has 0 amide bonds. The van der Waals surface area contributed by atoms with Crippen molar-refractivity contribution in [1.29, 1.82) is 0 Å². The topological polar surface area (TPSA) is 99.1 Å². The number of carbonyl (C=O) groups excluding carboxylic acids is 2. The average Bonchev–Trinajstić information content (AvgIpc) is 3.23. The van der Waals surface area contributed by atoms with Crippen molar-refractivity contribution in [3.63, 3.8) is 0 Å². The predicted molar refractivity (Wildman–Crippen MR) is 261 cm³/mol.